The number of benzene rings is 2. The first kappa shape index (κ1) is 20.9. The average Bonchev–Trinajstić information content (AvgIpc) is 3.45. The van der Waals surface area contributed by atoms with Gasteiger partial charge in [-0.1, -0.05) is 65.2 Å². The zero-order chi connectivity index (χ0) is 20.9. The third kappa shape index (κ3) is 5.41. The molecule has 2 amide bonds. The molecule has 6 nitrogen and oxygen atoms in total. The van der Waals surface area contributed by atoms with Gasteiger partial charge in [-0.25, -0.2) is 0 Å². The maximum atomic E-state index is 12.5. The van der Waals surface area contributed by atoms with Crippen LogP contribution >= 0.6 is 34.9 Å². The Balaban J connectivity index is 1.35. The van der Waals surface area contributed by atoms with E-state index in [1.807, 2.05) is 54.6 Å². The molecule has 0 atom stereocenters. The van der Waals surface area contributed by atoms with Crippen molar-refractivity contribution in [3.05, 3.63) is 54.6 Å². The number of hydrogen-bond donors (Lipinski definition) is 1. The maximum Gasteiger partial charge on any atom is 0.234 e. The van der Waals surface area contributed by atoms with Gasteiger partial charge >= 0.3 is 0 Å². The summed E-state index contributed by atoms with van der Waals surface area (Å²) in [4.78, 5) is 28.2. The number of hydrogen-bond acceptors (Lipinski definition) is 7. The highest BCUT2D eigenvalue weighted by molar-refractivity contribution is 8.01. The molecule has 3 aromatic rings. The third-order valence-corrected chi connectivity index (χ3v) is 7.45. The summed E-state index contributed by atoms with van der Waals surface area (Å²) >= 11 is 4.29. The number of thioether (sulfide) groups is 1. The van der Waals surface area contributed by atoms with Gasteiger partial charge in [0.25, 0.3) is 0 Å². The van der Waals surface area contributed by atoms with Crippen molar-refractivity contribution in [3.63, 3.8) is 0 Å². The zero-order valence-corrected chi connectivity index (χ0v) is 18.7. The lowest BCUT2D eigenvalue weighted by Gasteiger charge is -2.15. The minimum atomic E-state index is -0.108. The van der Waals surface area contributed by atoms with E-state index in [9.17, 15) is 9.59 Å². The largest absolute Gasteiger partial charge is 0.324 e. The van der Waals surface area contributed by atoms with Crippen LogP contribution in [0.15, 0.2) is 68.7 Å². The summed E-state index contributed by atoms with van der Waals surface area (Å²) in [5.41, 5.74) is 0.784. The molecule has 0 aliphatic heterocycles. The number of rotatable bonds is 8. The summed E-state index contributed by atoms with van der Waals surface area (Å²) in [6.45, 7) is 1.55. The molecule has 9 heteroatoms. The number of nitrogens with zero attached hydrogens (tertiary/aromatic N) is 3. The van der Waals surface area contributed by atoms with Crippen LogP contribution in [-0.2, 0) is 9.59 Å². The van der Waals surface area contributed by atoms with E-state index in [1.165, 1.54) is 23.1 Å². The smallest absolute Gasteiger partial charge is 0.234 e. The van der Waals surface area contributed by atoms with Crippen LogP contribution in [0.4, 0.5) is 10.8 Å². The van der Waals surface area contributed by atoms with E-state index < -0.39 is 0 Å². The molecule has 0 radical (unpaired) electrons. The minimum absolute atomic E-state index is 0.0181. The molecular formula is C21H20N4O2S3. The molecule has 30 heavy (non-hydrogen) atoms. The second kappa shape index (κ2) is 9.63. The van der Waals surface area contributed by atoms with Crippen molar-refractivity contribution < 1.29 is 9.59 Å². The Morgan fingerprint density at radius 3 is 2.57 bits per heavy atom. The van der Waals surface area contributed by atoms with E-state index in [-0.39, 0.29) is 23.6 Å². The molecular weight excluding hydrogens is 436 g/mol. The Hall–Kier alpha value is -2.36. The van der Waals surface area contributed by atoms with Gasteiger partial charge in [0.1, 0.15) is 0 Å². The highest BCUT2D eigenvalue weighted by atomic mass is 32.2. The molecule has 1 aliphatic rings. The van der Waals surface area contributed by atoms with Crippen molar-refractivity contribution in [1.29, 1.82) is 0 Å². The Labute approximate surface area is 187 Å². The van der Waals surface area contributed by atoms with Gasteiger partial charge in [-0.2, -0.15) is 0 Å². The monoisotopic (exact) mass is 456 g/mol. The Morgan fingerprint density at radius 2 is 1.83 bits per heavy atom. The van der Waals surface area contributed by atoms with Gasteiger partial charge in [-0.05, 0) is 37.1 Å². The molecule has 154 valence electrons. The minimum Gasteiger partial charge on any atom is -0.324 e. The highest BCUT2D eigenvalue weighted by Gasteiger charge is 2.34. The molecule has 2 aromatic carbocycles. The molecule has 1 aromatic heterocycles. The molecule has 1 N–H and O–H groups in total. The Bertz CT molecular complexity index is 1040. The quantitative estimate of drug-likeness (QED) is 0.382. The van der Waals surface area contributed by atoms with Gasteiger partial charge in [-0.15, -0.1) is 10.2 Å². The average molecular weight is 457 g/mol. The lowest BCUT2D eigenvalue weighted by molar-refractivity contribution is -0.116. The van der Waals surface area contributed by atoms with Gasteiger partial charge in [0, 0.05) is 22.8 Å². The van der Waals surface area contributed by atoms with Crippen LogP contribution in [0.1, 0.15) is 19.8 Å². The number of aromatic nitrogens is 2. The van der Waals surface area contributed by atoms with Crippen LogP contribution in [-0.4, -0.2) is 33.8 Å². The lowest BCUT2D eigenvalue weighted by atomic mass is 10.3. The SMILES string of the molecule is CC(=O)N(c1nnc(SCC(=O)Nc2ccccc2Sc2ccccc2)s1)C1CC1. The zero-order valence-electron chi connectivity index (χ0n) is 16.3. The van der Waals surface area contributed by atoms with Gasteiger partial charge in [-0.3, -0.25) is 14.5 Å². The first-order valence-electron chi connectivity index (χ1n) is 9.48. The molecule has 1 fully saturated rings. The van der Waals surface area contributed by atoms with E-state index in [0.29, 0.717) is 9.47 Å². The molecule has 0 unspecified atom stereocenters. The van der Waals surface area contributed by atoms with Crippen molar-refractivity contribution in [2.24, 2.45) is 0 Å². The van der Waals surface area contributed by atoms with Crippen molar-refractivity contribution in [2.75, 3.05) is 16.0 Å². The van der Waals surface area contributed by atoms with Gasteiger partial charge < -0.3 is 5.32 Å². The molecule has 0 saturated heterocycles. The first-order valence-corrected chi connectivity index (χ1v) is 12.1. The number of anilines is 2. The normalized spacial score (nSPS) is 13.1. The topological polar surface area (TPSA) is 75.2 Å². The fraction of sp³-hybridized carbons (Fsp3) is 0.238. The second-order valence-electron chi connectivity index (χ2n) is 6.72. The summed E-state index contributed by atoms with van der Waals surface area (Å²) in [6.07, 6.45) is 2.01. The van der Waals surface area contributed by atoms with Crippen molar-refractivity contribution in [1.82, 2.24) is 10.2 Å². The van der Waals surface area contributed by atoms with E-state index in [2.05, 4.69) is 15.5 Å². The van der Waals surface area contributed by atoms with E-state index in [4.69, 9.17) is 0 Å². The number of carbonyl (C=O) groups excluding carboxylic acids is 2. The number of para-hydroxylation sites is 1. The van der Waals surface area contributed by atoms with Crippen molar-refractivity contribution in [3.8, 4) is 0 Å². The fourth-order valence-electron chi connectivity index (χ4n) is 2.83. The second-order valence-corrected chi connectivity index (χ2v) is 10.0. The van der Waals surface area contributed by atoms with Crippen LogP contribution in [0.3, 0.4) is 0 Å². The van der Waals surface area contributed by atoms with Crippen molar-refractivity contribution in [2.45, 2.75) is 39.9 Å². The number of amides is 2. The molecule has 1 saturated carbocycles. The molecule has 1 heterocycles. The van der Waals surface area contributed by atoms with Crippen molar-refractivity contribution >= 4 is 57.5 Å². The standard InChI is InChI=1S/C21H20N4O2S3/c1-14(26)25(15-11-12-15)20-23-24-21(30-20)28-13-19(27)22-17-9-5-6-10-18(17)29-16-7-3-2-4-8-16/h2-10,15H,11-13H2,1H3,(H,22,27). The van der Waals surface area contributed by atoms with E-state index >= 15 is 0 Å². The lowest BCUT2D eigenvalue weighted by Crippen LogP contribution is -2.30. The molecule has 1 aliphatic carbocycles. The summed E-state index contributed by atoms with van der Waals surface area (Å²) in [6, 6.07) is 18.0. The van der Waals surface area contributed by atoms with Crippen LogP contribution in [0.25, 0.3) is 0 Å². The third-order valence-electron chi connectivity index (χ3n) is 4.31. The first-order chi connectivity index (χ1) is 14.6. The number of carbonyl (C=O) groups is 2. The summed E-state index contributed by atoms with van der Waals surface area (Å²) in [5.74, 6) is 0.0987. The van der Waals surface area contributed by atoms with Crippen LogP contribution in [0.5, 0.6) is 0 Å². The van der Waals surface area contributed by atoms with Gasteiger partial charge in [0.05, 0.1) is 11.4 Å². The van der Waals surface area contributed by atoms with Crippen LogP contribution in [0.2, 0.25) is 0 Å². The van der Waals surface area contributed by atoms with Crippen LogP contribution < -0.4 is 10.2 Å². The predicted molar refractivity (Wildman–Crippen MR) is 122 cm³/mol. The fourth-order valence-corrected chi connectivity index (χ4v) is 5.51. The molecule has 0 bridgehead atoms. The molecule has 0 spiro atoms. The van der Waals surface area contributed by atoms with Gasteiger partial charge in [0.2, 0.25) is 16.9 Å². The van der Waals surface area contributed by atoms with Gasteiger partial charge in [0.15, 0.2) is 4.34 Å². The predicted octanol–water partition coefficient (Wildman–Crippen LogP) is 4.94. The Kier molecular flexibility index (Phi) is 6.71. The summed E-state index contributed by atoms with van der Waals surface area (Å²) in [7, 11) is 0. The number of nitrogens with one attached hydrogen (secondary N) is 1. The van der Waals surface area contributed by atoms with E-state index in [1.54, 1.807) is 23.6 Å². The highest BCUT2D eigenvalue weighted by Crippen LogP contribution is 2.36. The maximum absolute atomic E-state index is 12.5. The van der Waals surface area contributed by atoms with E-state index in [0.717, 1.165) is 28.3 Å². The van der Waals surface area contributed by atoms with Crippen LogP contribution in [0, 0.1) is 0 Å². The summed E-state index contributed by atoms with van der Waals surface area (Å²) in [5, 5.41) is 11.9. The Morgan fingerprint density at radius 1 is 1.10 bits per heavy atom. The summed E-state index contributed by atoms with van der Waals surface area (Å²) < 4.78 is 0.680. The molecule has 4 rings (SSSR count).